The number of nitrogens with zero attached hydrogens (tertiary/aromatic N) is 3. The molecule has 0 aromatic heterocycles. The Morgan fingerprint density at radius 3 is 2.32 bits per heavy atom. The van der Waals surface area contributed by atoms with E-state index in [1.54, 1.807) is 7.11 Å². The maximum absolute atomic E-state index is 5.27. The Kier molecular flexibility index (Phi) is 11.3. The van der Waals surface area contributed by atoms with Crippen molar-refractivity contribution in [1.82, 2.24) is 20.4 Å². The number of methoxy groups -OCH3 is 1. The smallest absolute Gasteiger partial charge is 0.191 e. The first-order valence-corrected chi connectivity index (χ1v) is 9.59. The van der Waals surface area contributed by atoms with Gasteiger partial charge >= 0.3 is 0 Å². The zero-order valence-corrected chi connectivity index (χ0v) is 18.7. The molecule has 2 fully saturated rings. The maximum Gasteiger partial charge on any atom is 0.191 e. The molecule has 1 heterocycles. The fourth-order valence-corrected chi connectivity index (χ4v) is 3.66. The molecule has 1 saturated carbocycles. The highest BCUT2D eigenvalue weighted by atomic mass is 127. The SMILES string of the molecule is CCN1CCN(CCNC(=NC)NCC2(CCOC)CCC2)CC1.I. The summed E-state index contributed by atoms with van der Waals surface area (Å²) < 4.78 is 5.27. The van der Waals surface area contributed by atoms with Gasteiger partial charge in [0.2, 0.25) is 0 Å². The number of nitrogens with one attached hydrogen (secondary N) is 2. The number of hydrogen-bond donors (Lipinski definition) is 2. The largest absolute Gasteiger partial charge is 0.385 e. The third-order valence-corrected chi connectivity index (χ3v) is 5.74. The van der Waals surface area contributed by atoms with E-state index in [0.717, 1.165) is 38.6 Å². The number of aliphatic imine (C=N–C) groups is 1. The van der Waals surface area contributed by atoms with Crippen molar-refractivity contribution in [2.75, 3.05) is 73.1 Å². The van der Waals surface area contributed by atoms with Gasteiger partial charge in [-0.05, 0) is 31.2 Å². The first kappa shape index (κ1) is 22.9. The van der Waals surface area contributed by atoms with Crippen molar-refractivity contribution >= 4 is 29.9 Å². The second-order valence-corrected chi connectivity index (χ2v) is 7.22. The van der Waals surface area contributed by atoms with Gasteiger partial charge in [-0.25, -0.2) is 0 Å². The number of halogens is 1. The number of hydrogen-bond acceptors (Lipinski definition) is 4. The summed E-state index contributed by atoms with van der Waals surface area (Å²) in [5.74, 6) is 0.936. The lowest BCUT2D eigenvalue weighted by molar-refractivity contribution is 0.0732. The molecule has 0 atom stereocenters. The van der Waals surface area contributed by atoms with Crippen LogP contribution in [0.15, 0.2) is 4.99 Å². The minimum absolute atomic E-state index is 0. The summed E-state index contributed by atoms with van der Waals surface area (Å²) in [6.07, 6.45) is 5.11. The molecule has 2 rings (SSSR count). The summed E-state index contributed by atoms with van der Waals surface area (Å²) in [4.78, 5) is 9.43. The van der Waals surface area contributed by atoms with Crippen molar-refractivity contribution in [3.63, 3.8) is 0 Å². The molecule has 6 nitrogen and oxygen atoms in total. The first-order valence-electron chi connectivity index (χ1n) is 9.59. The van der Waals surface area contributed by atoms with Crippen molar-refractivity contribution in [1.29, 1.82) is 0 Å². The molecule has 0 radical (unpaired) electrons. The molecule has 7 heteroatoms. The van der Waals surface area contributed by atoms with Crippen LogP contribution in [0.25, 0.3) is 0 Å². The molecule has 2 aliphatic rings. The van der Waals surface area contributed by atoms with Crippen LogP contribution in [0.5, 0.6) is 0 Å². The Balaban J connectivity index is 0.00000312. The van der Waals surface area contributed by atoms with E-state index in [9.17, 15) is 0 Å². The number of ether oxygens (including phenoxy) is 1. The standard InChI is InChI=1S/C18H37N5O.HI/c1-4-22-11-13-23(14-12-22)10-9-20-17(19-2)21-16-18(6-5-7-18)8-15-24-3;/h4-16H2,1-3H3,(H2,19,20,21);1H. The molecular formula is C18H38IN5O. The van der Waals surface area contributed by atoms with E-state index in [1.807, 2.05) is 7.05 Å². The number of likely N-dealkylation sites (N-methyl/N-ethyl adjacent to an activating group) is 1. The van der Waals surface area contributed by atoms with Gasteiger partial charge in [0.05, 0.1) is 0 Å². The summed E-state index contributed by atoms with van der Waals surface area (Å²) in [5.41, 5.74) is 0.421. The average molecular weight is 467 g/mol. The van der Waals surface area contributed by atoms with Gasteiger partial charge in [0, 0.05) is 66.6 Å². The highest BCUT2D eigenvalue weighted by Crippen LogP contribution is 2.43. The van der Waals surface area contributed by atoms with Crippen molar-refractivity contribution in [2.24, 2.45) is 10.4 Å². The molecule has 1 aliphatic carbocycles. The van der Waals surface area contributed by atoms with Crippen LogP contribution in [0.2, 0.25) is 0 Å². The molecule has 1 saturated heterocycles. The Morgan fingerprint density at radius 2 is 1.80 bits per heavy atom. The van der Waals surface area contributed by atoms with Crippen LogP contribution in [0.4, 0.5) is 0 Å². The molecule has 148 valence electrons. The average Bonchev–Trinajstić information content (AvgIpc) is 2.59. The van der Waals surface area contributed by atoms with Gasteiger partial charge in [0.1, 0.15) is 0 Å². The van der Waals surface area contributed by atoms with E-state index in [-0.39, 0.29) is 24.0 Å². The lowest BCUT2D eigenvalue weighted by atomic mass is 9.67. The van der Waals surface area contributed by atoms with Gasteiger partial charge in [0.25, 0.3) is 0 Å². The summed E-state index contributed by atoms with van der Waals surface area (Å²) in [6.45, 7) is 12.1. The quantitative estimate of drug-likeness (QED) is 0.307. The van der Waals surface area contributed by atoms with Gasteiger partial charge < -0.3 is 20.3 Å². The molecular weight excluding hydrogens is 429 g/mol. The number of guanidine groups is 1. The van der Waals surface area contributed by atoms with E-state index in [0.29, 0.717) is 5.41 Å². The van der Waals surface area contributed by atoms with E-state index in [2.05, 4.69) is 32.3 Å². The highest BCUT2D eigenvalue weighted by Gasteiger charge is 2.36. The fourth-order valence-electron chi connectivity index (χ4n) is 3.66. The maximum atomic E-state index is 5.27. The van der Waals surface area contributed by atoms with Crippen LogP contribution in [0.1, 0.15) is 32.6 Å². The summed E-state index contributed by atoms with van der Waals surface area (Å²) >= 11 is 0. The second kappa shape index (κ2) is 12.3. The van der Waals surface area contributed by atoms with Crippen molar-refractivity contribution < 1.29 is 4.74 Å². The summed E-state index contributed by atoms with van der Waals surface area (Å²) in [5, 5.41) is 7.00. The molecule has 0 spiro atoms. The number of piperazine rings is 1. The van der Waals surface area contributed by atoms with E-state index in [1.165, 1.54) is 52.0 Å². The van der Waals surface area contributed by atoms with Crippen LogP contribution in [-0.4, -0.2) is 88.9 Å². The van der Waals surface area contributed by atoms with Crippen LogP contribution in [-0.2, 0) is 4.74 Å². The molecule has 1 aliphatic heterocycles. The van der Waals surface area contributed by atoms with Gasteiger partial charge in [-0.1, -0.05) is 13.3 Å². The van der Waals surface area contributed by atoms with Crippen LogP contribution in [0, 0.1) is 5.41 Å². The van der Waals surface area contributed by atoms with E-state index >= 15 is 0 Å². The molecule has 0 unspecified atom stereocenters. The van der Waals surface area contributed by atoms with Gasteiger partial charge in [-0.3, -0.25) is 9.89 Å². The molecule has 0 amide bonds. The molecule has 2 N–H and O–H groups in total. The Hall–Kier alpha value is -0.120. The molecule has 0 aromatic rings. The van der Waals surface area contributed by atoms with Crippen molar-refractivity contribution in [3.8, 4) is 0 Å². The molecule has 0 bridgehead atoms. The van der Waals surface area contributed by atoms with Crippen molar-refractivity contribution in [3.05, 3.63) is 0 Å². The lowest BCUT2D eigenvalue weighted by Gasteiger charge is -2.42. The predicted octanol–water partition coefficient (Wildman–Crippen LogP) is 1.61. The lowest BCUT2D eigenvalue weighted by Crippen LogP contribution is -2.50. The molecule has 25 heavy (non-hydrogen) atoms. The Bertz CT molecular complexity index is 382. The predicted molar refractivity (Wildman–Crippen MR) is 116 cm³/mol. The normalized spacial score (nSPS) is 21.3. The van der Waals surface area contributed by atoms with Crippen LogP contribution >= 0.6 is 24.0 Å². The monoisotopic (exact) mass is 467 g/mol. The first-order chi connectivity index (χ1) is 11.7. The van der Waals surface area contributed by atoms with Gasteiger partial charge in [-0.2, -0.15) is 0 Å². The minimum atomic E-state index is 0. The van der Waals surface area contributed by atoms with Gasteiger partial charge in [0.15, 0.2) is 5.96 Å². The minimum Gasteiger partial charge on any atom is -0.385 e. The zero-order chi connectivity index (χ0) is 17.3. The third kappa shape index (κ3) is 7.56. The van der Waals surface area contributed by atoms with E-state index in [4.69, 9.17) is 4.74 Å². The fraction of sp³-hybridized carbons (Fsp3) is 0.944. The third-order valence-electron chi connectivity index (χ3n) is 5.74. The highest BCUT2D eigenvalue weighted by molar-refractivity contribution is 14.0. The van der Waals surface area contributed by atoms with Crippen LogP contribution in [0.3, 0.4) is 0 Å². The van der Waals surface area contributed by atoms with Crippen molar-refractivity contribution in [2.45, 2.75) is 32.6 Å². The second-order valence-electron chi connectivity index (χ2n) is 7.22. The molecule has 0 aromatic carbocycles. The summed E-state index contributed by atoms with van der Waals surface area (Å²) in [7, 11) is 3.65. The zero-order valence-electron chi connectivity index (χ0n) is 16.4. The number of rotatable bonds is 9. The van der Waals surface area contributed by atoms with Crippen LogP contribution < -0.4 is 10.6 Å². The Labute approximate surface area is 171 Å². The Morgan fingerprint density at radius 1 is 1.12 bits per heavy atom. The summed E-state index contributed by atoms with van der Waals surface area (Å²) in [6, 6.07) is 0. The topological polar surface area (TPSA) is 52.1 Å². The van der Waals surface area contributed by atoms with E-state index < -0.39 is 0 Å². The van der Waals surface area contributed by atoms with Gasteiger partial charge in [-0.15, -0.1) is 24.0 Å².